The largest absolute Gasteiger partial charge is 0.375 e. The van der Waals surface area contributed by atoms with Crippen LogP contribution >= 0.6 is 11.3 Å². The summed E-state index contributed by atoms with van der Waals surface area (Å²) in [4.78, 5) is 11.5. The fourth-order valence-electron chi connectivity index (χ4n) is 3.09. The van der Waals surface area contributed by atoms with E-state index in [0.29, 0.717) is 5.13 Å². The SMILES string of the molecule is Nc1nc2c(-c3cc(CN4CCCC4)ccn3)cccc2s1. The van der Waals surface area contributed by atoms with Gasteiger partial charge in [0, 0.05) is 18.3 Å². The molecular weight excluding hydrogens is 292 g/mol. The normalized spacial score (nSPS) is 15.6. The van der Waals surface area contributed by atoms with Gasteiger partial charge < -0.3 is 5.73 Å². The van der Waals surface area contributed by atoms with Crippen LogP contribution in [0.1, 0.15) is 18.4 Å². The van der Waals surface area contributed by atoms with Gasteiger partial charge in [-0.25, -0.2) is 4.98 Å². The molecule has 2 N–H and O–H groups in total. The first-order valence-electron chi connectivity index (χ1n) is 7.62. The molecule has 1 aliphatic heterocycles. The highest BCUT2D eigenvalue weighted by Crippen LogP contribution is 2.32. The number of hydrogen-bond acceptors (Lipinski definition) is 5. The summed E-state index contributed by atoms with van der Waals surface area (Å²) in [5.74, 6) is 0. The Labute approximate surface area is 133 Å². The summed E-state index contributed by atoms with van der Waals surface area (Å²) in [5, 5.41) is 0.607. The number of likely N-dealkylation sites (tertiary alicyclic amines) is 1. The lowest BCUT2D eigenvalue weighted by atomic mass is 10.1. The molecule has 1 fully saturated rings. The lowest BCUT2D eigenvalue weighted by molar-refractivity contribution is 0.331. The number of para-hydroxylation sites is 1. The van der Waals surface area contributed by atoms with Crippen LogP contribution in [0.4, 0.5) is 5.13 Å². The summed E-state index contributed by atoms with van der Waals surface area (Å²) in [5.41, 5.74) is 10.2. The van der Waals surface area contributed by atoms with E-state index < -0.39 is 0 Å². The molecule has 0 unspecified atom stereocenters. The maximum absolute atomic E-state index is 5.86. The Morgan fingerprint density at radius 2 is 2.05 bits per heavy atom. The number of nitrogens with two attached hydrogens (primary N) is 1. The van der Waals surface area contributed by atoms with Crippen LogP contribution < -0.4 is 5.73 Å². The second-order valence-electron chi connectivity index (χ2n) is 5.74. The molecule has 0 spiro atoms. The summed E-state index contributed by atoms with van der Waals surface area (Å²) in [6.07, 6.45) is 4.53. The average Bonchev–Trinajstić information content (AvgIpc) is 3.15. The number of hydrogen-bond donors (Lipinski definition) is 1. The molecule has 0 amide bonds. The van der Waals surface area contributed by atoms with Crippen molar-refractivity contribution in [2.24, 2.45) is 0 Å². The number of benzene rings is 1. The van der Waals surface area contributed by atoms with Gasteiger partial charge in [0.25, 0.3) is 0 Å². The Bertz CT molecular complexity index is 805. The van der Waals surface area contributed by atoms with Crippen molar-refractivity contribution in [2.75, 3.05) is 18.8 Å². The molecule has 22 heavy (non-hydrogen) atoms. The van der Waals surface area contributed by atoms with Crippen LogP contribution in [0.2, 0.25) is 0 Å². The van der Waals surface area contributed by atoms with Crippen LogP contribution in [0.3, 0.4) is 0 Å². The molecule has 3 aromatic rings. The van der Waals surface area contributed by atoms with E-state index >= 15 is 0 Å². The van der Waals surface area contributed by atoms with E-state index in [1.807, 2.05) is 12.3 Å². The number of fused-ring (bicyclic) bond motifs is 1. The summed E-state index contributed by atoms with van der Waals surface area (Å²) in [7, 11) is 0. The summed E-state index contributed by atoms with van der Waals surface area (Å²) < 4.78 is 1.11. The van der Waals surface area contributed by atoms with E-state index in [9.17, 15) is 0 Å². The zero-order valence-electron chi connectivity index (χ0n) is 12.3. The van der Waals surface area contributed by atoms with Crippen molar-refractivity contribution in [3.8, 4) is 11.3 Å². The van der Waals surface area contributed by atoms with Gasteiger partial charge in [-0.1, -0.05) is 23.5 Å². The van der Waals surface area contributed by atoms with Crippen molar-refractivity contribution in [2.45, 2.75) is 19.4 Å². The van der Waals surface area contributed by atoms with E-state index in [1.165, 1.54) is 42.8 Å². The highest BCUT2D eigenvalue weighted by molar-refractivity contribution is 7.22. The number of aromatic nitrogens is 2. The van der Waals surface area contributed by atoms with Crippen molar-refractivity contribution in [1.82, 2.24) is 14.9 Å². The van der Waals surface area contributed by atoms with Crippen LogP contribution in [0.25, 0.3) is 21.5 Å². The predicted octanol–water partition coefficient (Wildman–Crippen LogP) is 3.54. The molecule has 0 atom stereocenters. The van der Waals surface area contributed by atoms with E-state index in [-0.39, 0.29) is 0 Å². The Morgan fingerprint density at radius 3 is 2.91 bits per heavy atom. The smallest absolute Gasteiger partial charge is 0.181 e. The zero-order valence-corrected chi connectivity index (χ0v) is 13.1. The highest BCUT2D eigenvalue weighted by Gasteiger charge is 2.13. The fourth-order valence-corrected chi connectivity index (χ4v) is 3.85. The molecule has 0 aliphatic carbocycles. The molecule has 4 nitrogen and oxygen atoms in total. The minimum Gasteiger partial charge on any atom is -0.375 e. The van der Waals surface area contributed by atoms with Gasteiger partial charge in [-0.3, -0.25) is 9.88 Å². The van der Waals surface area contributed by atoms with Crippen LogP contribution in [-0.2, 0) is 6.54 Å². The lowest BCUT2D eigenvalue weighted by Crippen LogP contribution is -2.18. The molecule has 1 aromatic carbocycles. The average molecular weight is 310 g/mol. The predicted molar refractivity (Wildman–Crippen MR) is 91.8 cm³/mol. The van der Waals surface area contributed by atoms with Crippen molar-refractivity contribution in [1.29, 1.82) is 0 Å². The number of nitrogen functional groups attached to an aromatic ring is 1. The molecule has 0 radical (unpaired) electrons. The highest BCUT2D eigenvalue weighted by atomic mass is 32.1. The van der Waals surface area contributed by atoms with Crippen molar-refractivity contribution < 1.29 is 0 Å². The lowest BCUT2D eigenvalue weighted by Gasteiger charge is -2.15. The van der Waals surface area contributed by atoms with Gasteiger partial charge in [0.15, 0.2) is 5.13 Å². The van der Waals surface area contributed by atoms with Crippen molar-refractivity contribution >= 4 is 26.7 Å². The number of rotatable bonds is 3. The molecule has 112 valence electrons. The van der Waals surface area contributed by atoms with Gasteiger partial charge in [-0.15, -0.1) is 0 Å². The van der Waals surface area contributed by atoms with Crippen LogP contribution in [0.15, 0.2) is 36.5 Å². The first kappa shape index (κ1) is 13.7. The second-order valence-corrected chi connectivity index (χ2v) is 6.80. The van der Waals surface area contributed by atoms with Crippen LogP contribution in [0, 0.1) is 0 Å². The number of pyridine rings is 1. The Morgan fingerprint density at radius 1 is 1.18 bits per heavy atom. The number of anilines is 1. The molecule has 5 heteroatoms. The van der Waals surface area contributed by atoms with Gasteiger partial charge in [0.05, 0.1) is 15.9 Å². The minimum atomic E-state index is 0.607. The molecule has 0 bridgehead atoms. The first-order valence-corrected chi connectivity index (χ1v) is 8.44. The fraction of sp³-hybridized carbons (Fsp3) is 0.294. The molecule has 1 saturated heterocycles. The third kappa shape index (κ3) is 2.58. The third-order valence-electron chi connectivity index (χ3n) is 4.14. The third-order valence-corrected chi connectivity index (χ3v) is 4.99. The van der Waals surface area contributed by atoms with E-state index in [1.54, 1.807) is 0 Å². The van der Waals surface area contributed by atoms with Crippen molar-refractivity contribution in [3.63, 3.8) is 0 Å². The molecule has 4 rings (SSSR count). The molecule has 0 saturated carbocycles. The first-order chi connectivity index (χ1) is 10.8. The quantitative estimate of drug-likeness (QED) is 0.804. The van der Waals surface area contributed by atoms with Gasteiger partial charge in [-0.05, 0) is 49.7 Å². The number of thiazole rings is 1. The van der Waals surface area contributed by atoms with Gasteiger partial charge in [0.1, 0.15) is 0 Å². The molecule has 2 aromatic heterocycles. The molecular formula is C17H18N4S. The zero-order chi connectivity index (χ0) is 14.9. The van der Waals surface area contributed by atoms with E-state index in [2.05, 4.69) is 39.1 Å². The maximum Gasteiger partial charge on any atom is 0.181 e. The number of nitrogens with zero attached hydrogens (tertiary/aromatic N) is 3. The monoisotopic (exact) mass is 310 g/mol. The Hall–Kier alpha value is -1.98. The summed E-state index contributed by atoms with van der Waals surface area (Å²) in [6.45, 7) is 3.41. The summed E-state index contributed by atoms with van der Waals surface area (Å²) >= 11 is 1.52. The molecule has 3 heterocycles. The van der Waals surface area contributed by atoms with Gasteiger partial charge in [-0.2, -0.15) is 0 Å². The minimum absolute atomic E-state index is 0.607. The Balaban J connectivity index is 1.71. The van der Waals surface area contributed by atoms with E-state index in [0.717, 1.165) is 28.0 Å². The van der Waals surface area contributed by atoms with Gasteiger partial charge >= 0.3 is 0 Å². The maximum atomic E-state index is 5.86. The van der Waals surface area contributed by atoms with Crippen LogP contribution in [-0.4, -0.2) is 28.0 Å². The van der Waals surface area contributed by atoms with Crippen LogP contribution in [0.5, 0.6) is 0 Å². The standard InChI is InChI=1S/C17H18N4S/c18-17-20-16-13(4-3-5-15(16)22-17)14-10-12(6-7-19-14)11-21-8-1-2-9-21/h3-7,10H,1-2,8-9,11H2,(H2,18,20). The van der Waals surface area contributed by atoms with Crippen molar-refractivity contribution in [3.05, 3.63) is 42.1 Å². The van der Waals surface area contributed by atoms with Gasteiger partial charge in [0.2, 0.25) is 0 Å². The van der Waals surface area contributed by atoms with E-state index in [4.69, 9.17) is 5.73 Å². The second kappa shape index (κ2) is 5.66. The molecule has 1 aliphatic rings. The summed E-state index contributed by atoms with van der Waals surface area (Å²) in [6, 6.07) is 10.5. The topological polar surface area (TPSA) is 55.0 Å². The Kier molecular flexibility index (Phi) is 3.52.